The normalized spacial score (nSPS) is 11.7. The van der Waals surface area contributed by atoms with Crippen LogP contribution in [0, 0.1) is 0 Å². The SMILES string of the molecule is c1ccc(-c2ccc(-c3nc(-c4ccc(-c5cc(-c6ccccc6)cc6oc7cc8ccccc8cc7c56)cc4)nc4c3sc3ccccc34)cc2)cc1. The Kier molecular flexibility index (Phi) is 7.04. The lowest BCUT2D eigenvalue weighted by atomic mass is 9.93. The van der Waals surface area contributed by atoms with Gasteiger partial charge in [0.25, 0.3) is 0 Å². The van der Waals surface area contributed by atoms with Crippen molar-refractivity contribution >= 4 is 64.4 Å². The molecule has 0 saturated heterocycles. The second-order valence-electron chi connectivity index (χ2n) is 13.8. The van der Waals surface area contributed by atoms with E-state index in [2.05, 4.69) is 182 Å². The van der Waals surface area contributed by atoms with Crippen LogP contribution in [0.1, 0.15) is 0 Å². The highest BCUT2D eigenvalue weighted by Gasteiger charge is 2.19. The summed E-state index contributed by atoms with van der Waals surface area (Å²) in [5.41, 5.74) is 12.6. The van der Waals surface area contributed by atoms with Gasteiger partial charge in [0.2, 0.25) is 0 Å². The van der Waals surface area contributed by atoms with Gasteiger partial charge in [-0.25, -0.2) is 9.97 Å². The number of furan rings is 1. The van der Waals surface area contributed by atoms with E-state index in [-0.39, 0.29) is 0 Å². The van der Waals surface area contributed by atoms with Crippen molar-refractivity contribution in [3.8, 4) is 56.0 Å². The van der Waals surface area contributed by atoms with Crippen molar-refractivity contribution in [2.45, 2.75) is 0 Å². The molecule has 0 aliphatic rings. The Morgan fingerprint density at radius 1 is 0.407 bits per heavy atom. The summed E-state index contributed by atoms with van der Waals surface area (Å²) in [6.07, 6.45) is 0. The fourth-order valence-electron chi connectivity index (χ4n) is 7.78. The molecule has 0 saturated carbocycles. The molecule has 0 amide bonds. The standard InChI is InChI=1S/C50H30N2OS/c1-3-11-31(12-4-1)33-19-23-35(24-20-33)47-49-48(40-17-9-10-18-45(40)54-49)52-50(51-47)36-25-21-34(22-26-36)41-28-39(32-13-5-2-6-14-32)30-44-46(41)42-27-37-15-7-8-16-38(37)29-43(42)53-44/h1-30H. The zero-order valence-electron chi connectivity index (χ0n) is 29.0. The van der Waals surface area contributed by atoms with Crippen molar-refractivity contribution in [1.29, 1.82) is 0 Å². The van der Waals surface area contributed by atoms with Gasteiger partial charge >= 0.3 is 0 Å². The fraction of sp³-hybridized carbons (Fsp3) is 0. The predicted octanol–water partition coefficient (Wildman–Crippen LogP) is 14.2. The van der Waals surface area contributed by atoms with Gasteiger partial charge in [-0.15, -0.1) is 11.3 Å². The number of rotatable bonds is 5. The van der Waals surface area contributed by atoms with Crippen LogP contribution < -0.4 is 0 Å². The first-order chi connectivity index (χ1) is 26.7. The van der Waals surface area contributed by atoms with Crippen LogP contribution in [0.25, 0.3) is 109 Å². The summed E-state index contributed by atoms with van der Waals surface area (Å²) in [5, 5.41) is 5.75. The highest BCUT2D eigenvalue weighted by molar-refractivity contribution is 7.26. The van der Waals surface area contributed by atoms with Crippen molar-refractivity contribution in [2.24, 2.45) is 0 Å². The summed E-state index contributed by atoms with van der Waals surface area (Å²) in [6.45, 7) is 0. The maximum atomic E-state index is 6.61. The Balaban J connectivity index is 1.07. The molecule has 54 heavy (non-hydrogen) atoms. The fourth-order valence-corrected chi connectivity index (χ4v) is 8.94. The van der Waals surface area contributed by atoms with E-state index in [0.717, 1.165) is 76.6 Å². The van der Waals surface area contributed by atoms with Crippen molar-refractivity contribution < 1.29 is 4.42 Å². The third-order valence-electron chi connectivity index (χ3n) is 10.5. The van der Waals surface area contributed by atoms with Gasteiger partial charge in [-0.05, 0) is 74.5 Å². The first-order valence-electron chi connectivity index (χ1n) is 18.1. The second kappa shape index (κ2) is 12.4. The van der Waals surface area contributed by atoms with Crippen molar-refractivity contribution in [3.63, 3.8) is 0 Å². The molecule has 0 aliphatic carbocycles. The number of aromatic nitrogens is 2. The molecule has 0 bridgehead atoms. The third kappa shape index (κ3) is 5.11. The topological polar surface area (TPSA) is 38.9 Å². The highest BCUT2D eigenvalue weighted by Crippen LogP contribution is 2.43. The van der Waals surface area contributed by atoms with E-state index >= 15 is 0 Å². The van der Waals surface area contributed by atoms with Gasteiger partial charge < -0.3 is 4.42 Å². The number of thiophene rings is 1. The molecule has 4 heteroatoms. The average molecular weight is 707 g/mol. The molecule has 0 fully saturated rings. The van der Waals surface area contributed by atoms with Crippen LogP contribution in [0.3, 0.4) is 0 Å². The van der Waals surface area contributed by atoms with Gasteiger partial charge in [0.05, 0.1) is 15.9 Å². The number of benzene rings is 8. The average Bonchev–Trinajstić information content (AvgIpc) is 3.81. The number of fused-ring (bicyclic) bond motifs is 7. The molecule has 3 heterocycles. The first-order valence-corrected chi connectivity index (χ1v) is 19.0. The second-order valence-corrected chi connectivity index (χ2v) is 14.8. The summed E-state index contributed by atoms with van der Waals surface area (Å²) in [6, 6.07) is 64.4. The van der Waals surface area contributed by atoms with E-state index in [1.807, 2.05) is 0 Å². The zero-order valence-corrected chi connectivity index (χ0v) is 29.8. The van der Waals surface area contributed by atoms with Crippen LogP contribution in [-0.2, 0) is 0 Å². The molecule has 3 aromatic heterocycles. The molecule has 0 N–H and O–H groups in total. The maximum absolute atomic E-state index is 6.61. The van der Waals surface area contributed by atoms with E-state index in [9.17, 15) is 0 Å². The van der Waals surface area contributed by atoms with E-state index < -0.39 is 0 Å². The maximum Gasteiger partial charge on any atom is 0.160 e. The highest BCUT2D eigenvalue weighted by atomic mass is 32.1. The largest absolute Gasteiger partial charge is 0.456 e. The molecule has 0 unspecified atom stereocenters. The van der Waals surface area contributed by atoms with Crippen LogP contribution in [0.4, 0.5) is 0 Å². The lowest BCUT2D eigenvalue weighted by Gasteiger charge is -2.11. The molecule has 11 aromatic rings. The van der Waals surface area contributed by atoms with Crippen molar-refractivity contribution in [1.82, 2.24) is 9.97 Å². The van der Waals surface area contributed by atoms with Crippen LogP contribution in [-0.4, -0.2) is 9.97 Å². The van der Waals surface area contributed by atoms with E-state index in [0.29, 0.717) is 5.82 Å². The molecule has 8 aromatic carbocycles. The summed E-state index contributed by atoms with van der Waals surface area (Å²) in [7, 11) is 0. The third-order valence-corrected chi connectivity index (χ3v) is 11.7. The molecule has 0 aliphatic heterocycles. The van der Waals surface area contributed by atoms with Crippen LogP contribution in [0.5, 0.6) is 0 Å². The van der Waals surface area contributed by atoms with Crippen LogP contribution >= 0.6 is 11.3 Å². The molecule has 3 nitrogen and oxygen atoms in total. The number of hydrogen-bond donors (Lipinski definition) is 0. The first kappa shape index (κ1) is 30.7. The number of nitrogens with zero attached hydrogens (tertiary/aromatic N) is 2. The number of hydrogen-bond acceptors (Lipinski definition) is 4. The molecular formula is C50H30N2OS. The Hall–Kier alpha value is -6.88. The summed E-state index contributed by atoms with van der Waals surface area (Å²) in [4.78, 5) is 10.5. The molecule has 252 valence electrons. The minimum Gasteiger partial charge on any atom is -0.456 e. The van der Waals surface area contributed by atoms with E-state index in [1.165, 1.54) is 26.6 Å². The predicted molar refractivity (Wildman–Crippen MR) is 227 cm³/mol. The Bertz CT molecular complexity index is 3180. The van der Waals surface area contributed by atoms with E-state index in [1.54, 1.807) is 11.3 Å². The van der Waals surface area contributed by atoms with Crippen LogP contribution in [0.2, 0.25) is 0 Å². The van der Waals surface area contributed by atoms with Crippen LogP contribution in [0.15, 0.2) is 186 Å². The lowest BCUT2D eigenvalue weighted by molar-refractivity contribution is 0.669. The quantitative estimate of drug-likeness (QED) is 0.179. The molecule has 0 spiro atoms. The minimum atomic E-state index is 0.711. The van der Waals surface area contributed by atoms with Gasteiger partial charge in [-0.2, -0.15) is 0 Å². The lowest BCUT2D eigenvalue weighted by Crippen LogP contribution is -1.94. The van der Waals surface area contributed by atoms with Crippen molar-refractivity contribution in [3.05, 3.63) is 182 Å². The monoisotopic (exact) mass is 706 g/mol. The molecule has 11 rings (SSSR count). The molecular weight excluding hydrogens is 677 g/mol. The zero-order chi connectivity index (χ0) is 35.6. The Morgan fingerprint density at radius 2 is 1.00 bits per heavy atom. The van der Waals surface area contributed by atoms with Gasteiger partial charge in [-0.3, -0.25) is 0 Å². The van der Waals surface area contributed by atoms with Gasteiger partial charge in [0.15, 0.2) is 5.82 Å². The summed E-state index contributed by atoms with van der Waals surface area (Å²) >= 11 is 1.76. The Morgan fingerprint density at radius 3 is 1.76 bits per heavy atom. The van der Waals surface area contributed by atoms with Gasteiger partial charge in [0, 0.05) is 32.0 Å². The molecule has 0 radical (unpaired) electrons. The summed E-state index contributed by atoms with van der Waals surface area (Å²) < 4.78 is 8.92. The van der Waals surface area contributed by atoms with Crippen molar-refractivity contribution in [2.75, 3.05) is 0 Å². The van der Waals surface area contributed by atoms with Gasteiger partial charge in [-0.1, -0.05) is 152 Å². The minimum absolute atomic E-state index is 0.711. The van der Waals surface area contributed by atoms with Gasteiger partial charge in [0.1, 0.15) is 11.2 Å². The molecule has 0 atom stereocenters. The Labute approximate surface area is 315 Å². The summed E-state index contributed by atoms with van der Waals surface area (Å²) in [5.74, 6) is 0.711. The smallest absolute Gasteiger partial charge is 0.160 e. The van der Waals surface area contributed by atoms with E-state index in [4.69, 9.17) is 14.4 Å².